The molecule has 1 unspecified atom stereocenters. The van der Waals surface area contributed by atoms with E-state index in [1.54, 1.807) is 36.7 Å². The number of hydrogen-bond acceptors (Lipinski definition) is 4. The summed E-state index contributed by atoms with van der Waals surface area (Å²) in [5.74, 6) is -0.303. The van der Waals surface area contributed by atoms with Gasteiger partial charge in [-0.1, -0.05) is 46.4 Å². The van der Waals surface area contributed by atoms with Crippen LogP contribution in [0, 0.1) is 11.3 Å². The van der Waals surface area contributed by atoms with Crippen LogP contribution in [0.4, 0.5) is 5.69 Å². The Bertz CT molecular complexity index is 844. The van der Waals surface area contributed by atoms with Crippen LogP contribution in [0.2, 0.25) is 5.02 Å². The first-order valence-electron chi connectivity index (χ1n) is 7.53. The van der Waals surface area contributed by atoms with Crippen LogP contribution in [0.15, 0.2) is 53.8 Å². The van der Waals surface area contributed by atoms with Crippen LogP contribution in [0.1, 0.15) is 16.8 Å². The molecule has 1 aromatic carbocycles. The molecule has 0 fully saturated rings. The molecule has 0 spiro atoms. The van der Waals surface area contributed by atoms with Gasteiger partial charge >= 0.3 is 0 Å². The van der Waals surface area contributed by atoms with Crippen LogP contribution in [-0.2, 0) is 0 Å². The van der Waals surface area contributed by atoms with Gasteiger partial charge in [0, 0.05) is 16.8 Å². The van der Waals surface area contributed by atoms with Crippen molar-refractivity contribution in [1.29, 1.82) is 5.26 Å². The van der Waals surface area contributed by atoms with Crippen LogP contribution < -0.4 is 10.6 Å². The highest BCUT2D eigenvalue weighted by atomic mass is 35.6. The number of anilines is 1. The number of amides is 1. The normalized spacial score (nSPS) is 12.8. The molecule has 0 bridgehead atoms. The lowest BCUT2D eigenvalue weighted by Crippen LogP contribution is -2.43. The summed E-state index contributed by atoms with van der Waals surface area (Å²) >= 11 is 23.7. The average molecular weight is 445 g/mol. The zero-order chi connectivity index (χ0) is 19.9. The van der Waals surface area contributed by atoms with E-state index in [9.17, 15) is 4.79 Å². The highest BCUT2D eigenvalue weighted by molar-refractivity contribution is 6.68. The first kappa shape index (κ1) is 21.3. The molecule has 1 aromatic heterocycles. The van der Waals surface area contributed by atoms with Crippen LogP contribution in [0.3, 0.4) is 0 Å². The largest absolute Gasteiger partial charge is 0.342 e. The molecule has 2 aromatic rings. The number of halogens is 4. The zero-order valence-electron chi connectivity index (χ0n) is 13.7. The minimum atomic E-state index is -1.95. The van der Waals surface area contributed by atoms with E-state index in [0.29, 0.717) is 16.3 Å². The van der Waals surface area contributed by atoms with E-state index in [-0.39, 0.29) is 12.3 Å². The lowest BCUT2D eigenvalue weighted by molar-refractivity contribution is 0.0939. The van der Waals surface area contributed by atoms with Gasteiger partial charge in [0.25, 0.3) is 5.91 Å². The Morgan fingerprint density at radius 1 is 1.26 bits per heavy atom. The number of nitrogens with one attached hydrogen (secondary N) is 2. The Hall–Kier alpha value is -2.04. The number of benzene rings is 1. The van der Waals surface area contributed by atoms with E-state index >= 15 is 0 Å². The fraction of sp³-hybridized carbons (Fsp3) is 0.176. The number of aliphatic imine (C=N–C) groups is 1. The van der Waals surface area contributed by atoms with Gasteiger partial charge in [-0.05, 0) is 36.4 Å². The molecule has 1 amide bonds. The summed E-state index contributed by atoms with van der Waals surface area (Å²) < 4.78 is -1.95. The van der Waals surface area contributed by atoms with Gasteiger partial charge < -0.3 is 10.6 Å². The predicted molar refractivity (Wildman–Crippen MR) is 109 cm³/mol. The summed E-state index contributed by atoms with van der Waals surface area (Å²) in [4.78, 5) is 20.6. The maximum atomic E-state index is 12.4. The third kappa shape index (κ3) is 6.89. The lowest BCUT2D eigenvalue weighted by atomic mass is 10.2. The maximum Gasteiger partial charge on any atom is 0.253 e. The van der Waals surface area contributed by atoms with Crippen molar-refractivity contribution in [3.8, 4) is 6.07 Å². The predicted octanol–water partition coefficient (Wildman–Crippen LogP) is 4.59. The summed E-state index contributed by atoms with van der Waals surface area (Å²) in [6.45, 7) is 0. The number of pyridine rings is 1. The maximum absolute atomic E-state index is 12.4. The number of carbonyl (C=O) groups is 1. The van der Waals surface area contributed by atoms with E-state index < -0.39 is 15.9 Å². The molecule has 0 aliphatic carbocycles. The smallest absolute Gasteiger partial charge is 0.253 e. The molecule has 0 aliphatic rings. The van der Waals surface area contributed by atoms with Gasteiger partial charge in [-0.2, -0.15) is 5.26 Å². The van der Waals surface area contributed by atoms with E-state index in [0.717, 1.165) is 0 Å². The molecule has 6 nitrogen and oxygen atoms in total. The number of alkyl halides is 3. The van der Waals surface area contributed by atoms with E-state index in [4.69, 9.17) is 51.7 Å². The van der Waals surface area contributed by atoms with Crippen molar-refractivity contribution in [2.75, 3.05) is 5.32 Å². The Kier molecular flexibility index (Phi) is 7.69. The van der Waals surface area contributed by atoms with Crippen molar-refractivity contribution in [2.45, 2.75) is 16.4 Å². The Morgan fingerprint density at radius 2 is 1.96 bits per heavy atom. The monoisotopic (exact) mass is 443 g/mol. The lowest BCUT2D eigenvalue weighted by Gasteiger charge is -2.23. The second kappa shape index (κ2) is 9.77. The minimum Gasteiger partial charge on any atom is -0.342 e. The molecule has 27 heavy (non-hydrogen) atoms. The topological polar surface area (TPSA) is 90.2 Å². The molecule has 1 atom stereocenters. The summed E-state index contributed by atoms with van der Waals surface area (Å²) in [5, 5.41) is 15.0. The quantitative estimate of drug-likeness (QED) is 0.401. The van der Waals surface area contributed by atoms with Gasteiger partial charge in [0.05, 0.1) is 24.4 Å². The molecule has 2 rings (SSSR count). The van der Waals surface area contributed by atoms with Gasteiger partial charge in [-0.25, -0.2) is 4.99 Å². The highest BCUT2D eigenvalue weighted by Crippen LogP contribution is 2.31. The molecular weight excluding hydrogens is 432 g/mol. The van der Waals surface area contributed by atoms with Crippen molar-refractivity contribution in [3.63, 3.8) is 0 Å². The van der Waals surface area contributed by atoms with Crippen molar-refractivity contribution in [1.82, 2.24) is 10.3 Å². The Balaban J connectivity index is 2.25. The van der Waals surface area contributed by atoms with Crippen LogP contribution >= 0.6 is 46.4 Å². The Labute approximate surface area is 176 Å². The molecule has 10 heteroatoms. The number of hydrogen-bond donors (Lipinski definition) is 2. The number of amidine groups is 1. The van der Waals surface area contributed by atoms with E-state index in [1.807, 2.05) is 6.07 Å². The van der Waals surface area contributed by atoms with Gasteiger partial charge in [-0.15, -0.1) is 0 Å². The number of nitrogens with zero attached hydrogens (tertiary/aromatic N) is 3. The van der Waals surface area contributed by atoms with Crippen molar-refractivity contribution >= 4 is 63.8 Å². The van der Waals surface area contributed by atoms with Crippen LogP contribution in [-0.4, -0.2) is 26.7 Å². The van der Waals surface area contributed by atoms with E-state index in [1.165, 1.54) is 12.1 Å². The van der Waals surface area contributed by atoms with Gasteiger partial charge in [0.15, 0.2) is 6.17 Å². The standard InChI is InChI=1S/C17H13Cl4N5O/c18-12-5-3-11(4-6-12)15(27)26-16(17(19,20)21)25-14(7-8-22)24-13-2-1-9-23-10-13/h1-6,9-10,16H,7H2,(H,24,25)(H,26,27). The first-order valence-corrected chi connectivity index (χ1v) is 9.04. The molecule has 0 aliphatic heterocycles. The SMILES string of the molecule is N#CCC(=NC(NC(=O)c1ccc(Cl)cc1)C(Cl)(Cl)Cl)Nc1cccnc1. The summed E-state index contributed by atoms with van der Waals surface area (Å²) in [6.07, 6.45) is 1.81. The fourth-order valence-corrected chi connectivity index (χ4v) is 2.39. The van der Waals surface area contributed by atoms with Crippen molar-refractivity contribution in [2.24, 2.45) is 4.99 Å². The number of nitriles is 1. The van der Waals surface area contributed by atoms with Crippen LogP contribution in [0.5, 0.6) is 0 Å². The highest BCUT2D eigenvalue weighted by Gasteiger charge is 2.34. The fourth-order valence-electron chi connectivity index (χ4n) is 1.95. The summed E-state index contributed by atoms with van der Waals surface area (Å²) in [6, 6.07) is 11.6. The summed E-state index contributed by atoms with van der Waals surface area (Å²) in [5.41, 5.74) is 0.912. The number of aromatic nitrogens is 1. The number of carbonyl (C=O) groups excluding carboxylic acids is 1. The Morgan fingerprint density at radius 3 is 2.52 bits per heavy atom. The summed E-state index contributed by atoms with van der Waals surface area (Å²) in [7, 11) is 0. The zero-order valence-corrected chi connectivity index (χ0v) is 16.7. The second-order valence-corrected chi connectivity index (χ2v) is 8.01. The number of rotatable bonds is 5. The third-order valence-electron chi connectivity index (χ3n) is 3.17. The van der Waals surface area contributed by atoms with Crippen LogP contribution in [0.25, 0.3) is 0 Å². The van der Waals surface area contributed by atoms with Crippen molar-refractivity contribution < 1.29 is 4.79 Å². The molecule has 2 N–H and O–H groups in total. The van der Waals surface area contributed by atoms with Gasteiger partial charge in [0.2, 0.25) is 3.79 Å². The average Bonchev–Trinajstić information content (AvgIpc) is 2.62. The molecule has 140 valence electrons. The molecule has 0 radical (unpaired) electrons. The first-order chi connectivity index (χ1) is 12.8. The molecule has 0 saturated carbocycles. The third-order valence-corrected chi connectivity index (χ3v) is 4.04. The van der Waals surface area contributed by atoms with Gasteiger partial charge in [0.1, 0.15) is 5.84 Å². The molecular formula is C17H13Cl4N5O. The molecule has 1 heterocycles. The molecule has 0 saturated heterocycles. The van der Waals surface area contributed by atoms with Crippen molar-refractivity contribution in [3.05, 3.63) is 59.4 Å². The second-order valence-electron chi connectivity index (χ2n) is 5.20. The van der Waals surface area contributed by atoms with E-state index in [2.05, 4.69) is 20.6 Å². The van der Waals surface area contributed by atoms with Gasteiger partial charge in [-0.3, -0.25) is 9.78 Å². The minimum absolute atomic E-state index is 0.0943.